The Bertz CT molecular complexity index is 1550. The van der Waals surface area contributed by atoms with Gasteiger partial charge in [-0.3, -0.25) is 0 Å². The minimum Gasteiger partial charge on any atom is -0.435 e. The average molecular weight is 697 g/mol. The predicted octanol–water partition coefficient (Wildman–Crippen LogP) is 5.13. The lowest BCUT2D eigenvalue weighted by atomic mass is 9.82. The van der Waals surface area contributed by atoms with E-state index in [1.165, 1.54) is 4.80 Å². The maximum Gasteiger partial charge on any atom is 0.510 e. The third kappa shape index (κ3) is 10.4. The van der Waals surface area contributed by atoms with Crippen LogP contribution in [0.3, 0.4) is 0 Å². The largest absolute Gasteiger partial charge is 0.510 e. The monoisotopic (exact) mass is 696 g/mol. The van der Waals surface area contributed by atoms with Crippen LogP contribution < -0.4 is 16.0 Å². The molecule has 0 unspecified atom stereocenters. The summed E-state index contributed by atoms with van der Waals surface area (Å²) in [7, 11) is 0. The lowest BCUT2D eigenvalue weighted by Crippen LogP contribution is -2.43. The lowest BCUT2D eigenvalue weighted by Gasteiger charge is -2.32. The van der Waals surface area contributed by atoms with E-state index in [1.54, 1.807) is 20.0 Å². The summed E-state index contributed by atoms with van der Waals surface area (Å²) in [6, 6.07) is 11.0. The van der Waals surface area contributed by atoms with Crippen LogP contribution in [0.2, 0.25) is 5.02 Å². The molecule has 2 atom stereocenters. The summed E-state index contributed by atoms with van der Waals surface area (Å²) in [5, 5.41) is 33.1. The van der Waals surface area contributed by atoms with Gasteiger partial charge in [-0.25, -0.2) is 14.8 Å². The van der Waals surface area contributed by atoms with Crippen molar-refractivity contribution in [3.8, 4) is 17.3 Å². The standard InChI is InChI=1S/C33H45ClN10O5/c1-4-48-32(45)49-23(3)44-42-31(41-43-44)19-47-18-22(2)38-24-8-10-25(11-9-24)39-30-16-26(27(34)17-36-30)28-6-5-7-29(40-28)37-21-33(20-35)12-14-46-15-13-33/h5-7,16-17,22-25,38H,4,8-15,18-19,21H2,1-3H3,(H,36,39)(H,37,40)/t22-,23+,24-,25-/m1/s1. The second-order valence-corrected chi connectivity index (χ2v) is 12.9. The quantitative estimate of drug-likeness (QED) is 0.178. The number of nitrogens with one attached hydrogen (secondary N) is 3. The number of ether oxygens (including phenoxy) is 4. The number of pyridine rings is 2. The van der Waals surface area contributed by atoms with E-state index in [4.69, 9.17) is 35.5 Å². The maximum absolute atomic E-state index is 11.5. The first-order valence-electron chi connectivity index (χ1n) is 16.8. The first-order chi connectivity index (χ1) is 23.8. The molecule has 3 N–H and O–H groups in total. The third-order valence-electron chi connectivity index (χ3n) is 8.70. The van der Waals surface area contributed by atoms with Crippen LogP contribution in [-0.4, -0.2) is 87.4 Å². The maximum atomic E-state index is 11.5. The molecule has 0 radical (unpaired) electrons. The van der Waals surface area contributed by atoms with E-state index in [0.717, 1.165) is 42.8 Å². The van der Waals surface area contributed by atoms with Crippen molar-refractivity contribution in [3.63, 3.8) is 0 Å². The van der Waals surface area contributed by atoms with Crippen LogP contribution in [0.15, 0.2) is 30.5 Å². The molecule has 1 saturated carbocycles. The van der Waals surface area contributed by atoms with Crippen LogP contribution in [0.1, 0.15) is 71.3 Å². The van der Waals surface area contributed by atoms with Gasteiger partial charge in [0.1, 0.15) is 18.2 Å². The van der Waals surface area contributed by atoms with Gasteiger partial charge in [-0.1, -0.05) is 17.7 Å². The van der Waals surface area contributed by atoms with Crippen molar-refractivity contribution in [3.05, 3.63) is 41.3 Å². The average Bonchev–Trinajstić information content (AvgIpc) is 3.59. The Morgan fingerprint density at radius 3 is 2.71 bits per heavy atom. The molecule has 1 saturated heterocycles. The van der Waals surface area contributed by atoms with Crippen molar-refractivity contribution in [2.24, 2.45) is 5.41 Å². The summed E-state index contributed by atoms with van der Waals surface area (Å²) in [5.41, 5.74) is 1.08. The summed E-state index contributed by atoms with van der Waals surface area (Å²) in [6.45, 7) is 8.03. The Morgan fingerprint density at radius 1 is 1.18 bits per heavy atom. The van der Waals surface area contributed by atoms with Crippen molar-refractivity contribution in [2.45, 2.75) is 90.3 Å². The first-order valence-corrected chi connectivity index (χ1v) is 17.2. The van der Waals surface area contributed by atoms with Crippen LogP contribution >= 0.6 is 11.6 Å². The van der Waals surface area contributed by atoms with Gasteiger partial charge in [0.25, 0.3) is 0 Å². The van der Waals surface area contributed by atoms with Gasteiger partial charge >= 0.3 is 6.16 Å². The van der Waals surface area contributed by atoms with Crippen LogP contribution in [0.25, 0.3) is 11.3 Å². The Labute approximate surface area is 291 Å². The number of tetrazole rings is 1. The zero-order valence-electron chi connectivity index (χ0n) is 28.2. The number of nitrogens with zero attached hydrogens (tertiary/aromatic N) is 7. The highest BCUT2D eigenvalue weighted by atomic mass is 35.5. The summed E-state index contributed by atoms with van der Waals surface area (Å²) in [6.07, 6.45) is 5.56. The molecule has 5 rings (SSSR count). The molecule has 4 heterocycles. The van der Waals surface area contributed by atoms with E-state index in [9.17, 15) is 10.1 Å². The fraction of sp³-hybridized carbons (Fsp3) is 0.606. The van der Waals surface area contributed by atoms with Gasteiger partial charge in [0.2, 0.25) is 12.1 Å². The Morgan fingerprint density at radius 2 is 1.96 bits per heavy atom. The number of halogens is 1. The fourth-order valence-electron chi connectivity index (χ4n) is 5.94. The Hall–Kier alpha value is -4.10. The molecule has 264 valence electrons. The highest BCUT2D eigenvalue weighted by Gasteiger charge is 2.32. The van der Waals surface area contributed by atoms with E-state index in [-0.39, 0.29) is 25.3 Å². The molecule has 1 aliphatic heterocycles. The minimum atomic E-state index is -0.785. The second kappa shape index (κ2) is 17.5. The van der Waals surface area contributed by atoms with Crippen LogP contribution in [0, 0.1) is 16.7 Å². The SMILES string of the molecule is CCOC(=O)O[C@@H](C)n1nnc(COC[C@@H](C)N[C@H]2CC[C@H](Nc3cc(-c4cccc(NCC5(C#N)CCOCC5)n4)c(Cl)cn3)CC2)n1. The third-order valence-corrected chi connectivity index (χ3v) is 9.00. The van der Waals surface area contributed by atoms with Gasteiger partial charge in [0.15, 0.2) is 0 Å². The number of rotatable bonds is 15. The lowest BCUT2D eigenvalue weighted by molar-refractivity contribution is -0.00552. The molecular weight excluding hydrogens is 652 g/mol. The predicted molar refractivity (Wildman–Crippen MR) is 182 cm³/mol. The van der Waals surface area contributed by atoms with E-state index >= 15 is 0 Å². The van der Waals surface area contributed by atoms with Crippen molar-refractivity contribution in [1.29, 1.82) is 5.26 Å². The molecule has 0 bridgehead atoms. The molecule has 0 aromatic carbocycles. The fourth-order valence-corrected chi connectivity index (χ4v) is 6.14. The zero-order chi connectivity index (χ0) is 34.6. The first kappa shape index (κ1) is 36.2. The van der Waals surface area contributed by atoms with Gasteiger partial charge in [-0.15, -0.1) is 15.0 Å². The number of hydrogen-bond donors (Lipinski definition) is 3. The zero-order valence-corrected chi connectivity index (χ0v) is 29.0. The Kier molecular flexibility index (Phi) is 12.9. The normalized spacial score (nSPS) is 20.1. The molecule has 2 fully saturated rings. The molecule has 16 heteroatoms. The number of carbonyl (C=O) groups excluding carboxylic acids is 1. The molecule has 3 aromatic rings. The highest BCUT2D eigenvalue weighted by molar-refractivity contribution is 6.33. The summed E-state index contributed by atoms with van der Waals surface area (Å²) >= 11 is 6.59. The van der Waals surface area contributed by atoms with Gasteiger partial charge in [0.05, 0.1) is 35.4 Å². The van der Waals surface area contributed by atoms with Crippen LogP contribution in [-0.2, 0) is 25.6 Å². The number of aromatic nitrogens is 6. The number of carbonyl (C=O) groups is 1. The second-order valence-electron chi connectivity index (χ2n) is 12.5. The van der Waals surface area contributed by atoms with Crippen LogP contribution in [0.4, 0.5) is 16.4 Å². The molecule has 3 aromatic heterocycles. The Balaban J connectivity index is 1.04. The molecule has 0 spiro atoms. The molecule has 2 aliphatic rings. The summed E-state index contributed by atoms with van der Waals surface area (Å²) in [4.78, 5) is 22.1. The summed E-state index contributed by atoms with van der Waals surface area (Å²) < 4.78 is 21.1. The molecular formula is C33H45ClN10O5. The van der Waals surface area contributed by atoms with Gasteiger partial charge in [-0.05, 0) is 82.7 Å². The number of hydrogen-bond acceptors (Lipinski definition) is 14. The van der Waals surface area contributed by atoms with Gasteiger partial charge < -0.3 is 34.9 Å². The minimum absolute atomic E-state index is 0.135. The topological polar surface area (TPSA) is 183 Å². The molecule has 0 amide bonds. The number of anilines is 2. The van der Waals surface area contributed by atoms with E-state index < -0.39 is 17.8 Å². The highest BCUT2D eigenvalue weighted by Crippen LogP contribution is 2.32. The van der Waals surface area contributed by atoms with E-state index in [2.05, 4.69) is 49.3 Å². The molecule has 1 aliphatic carbocycles. The number of nitriles is 1. The van der Waals surface area contributed by atoms with Crippen LogP contribution in [0.5, 0.6) is 0 Å². The van der Waals surface area contributed by atoms with Crippen molar-refractivity contribution in [1.82, 2.24) is 35.5 Å². The molecule has 15 nitrogen and oxygen atoms in total. The van der Waals surface area contributed by atoms with E-state index in [0.29, 0.717) is 61.9 Å². The van der Waals surface area contributed by atoms with E-state index in [1.807, 2.05) is 24.3 Å². The smallest absolute Gasteiger partial charge is 0.435 e. The summed E-state index contributed by atoms with van der Waals surface area (Å²) in [5.74, 6) is 1.86. The van der Waals surface area contributed by atoms with Crippen molar-refractivity contribution >= 4 is 29.4 Å². The van der Waals surface area contributed by atoms with Gasteiger partial charge in [-0.2, -0.15) is 5.26 Å². The van der Waals surface area contributed by atoms with Gasteiger partial charge in [0, 0.05) is 49.6 Å². The van der Waals surface area contributed by atoms with Crippen molar-refractivity contribution in [2.75, 3.05) is 43.6 Å². The van der Waals surface area contributed by atoms with Crippen molar-refractivity contribution < 1.29 is 23.7 Å². The molecule has 49 heavy (non-hydrogen) atoms.